The van der Waals surface area contributed by atoms with Crippen LogP contribution >= 0.6 is 0 Å². The van der Waals surface area contributed by atoms with E-state index in [1.165, 1.54) is 18.2 Å². The summed E-state index contributed by atoms with van der Waals surface area (Å²) in [7, 11) is 0. The number of phenolic OH excluding ortho intramolecular Hbond substituents is 2. The number of nitrogens with zero attached hydrogens (tertiary/aromatic N) is 1. The lowest BCUT2D eigenvalue weighted by molar-refractivity contribution is 0.102. The van der Waals surface area contributed by atoms with Crippen molar-refractivity contribution < 1.29 is 20.2 Å². The first-order valence-electron chi connectivity index (χ1n) is 6.13. The van der Waals surface area contributed by atoms with Gasteiger partial charge in [-0.25, -0.2) is 0 Å². The van der Waals surface area contributed by atoms with Gasteiger partial charge < -0.3 is 20.7 Å². The average molecular weight is 286 g/mol. The zero-order valence-corrected chi connectivity index (χ0v) is 11.2. The maximum atomic E-state index is 12.0. The molecule has 0 bridgehead atoms. The number of amides is 1. The first kappa shape index (κ1) is 14.4. The van der Waals surface area contributed by atoms with E-state index in [0.717, 1.165) is 5.56 Å². The number of hydrogen-bond acceptors (Lipinski definition) is 5. The molecule has 0 unspecified atom stereocenters. The van der Waals surface area contributed by atoms with Crippen molar-refractivity contribution in [2.45, 2.75) is 6.92 Å². The molecule has 1 amide bonds. The molecular formula is C15H14N2O4. The zero-order valence-electron chi connectivity index (χ0n) is 11.2. The van der Waals surface area contributed by atoms with E-state index in [9.17, 15) is 15.0 Å². The van der Waals surface area contributed by atoms with E-state index in [4.69, 9.17) is 5.21 Å². The van der Waals surface area contributed by atoms with Crippen LogP contribution in [-0.4, -0.2) is 27.0 Å². The third kappa shape index (κ3) is 3.30. The Bertz CT molecular complexity index is 693. The Labute approximate surface area is 121 Å². The van der Waals surface area contributed by atoms with E-state index in [2.05, 4.69) is 10.5 Å². The minimum atomic E-state index is -0.538. The standard InChI is InChI=1S/C15H14N2O4/c1-9(17-21)10-2-4-11(5-3-10)16-15(20)13-8-12(18)6-7-14(13)19/h2-8,18-19,21H,1H3,(H,16,20)/b17-9-. The lowest BCUT2D eigenvalue weighted by atomic mass is 10.1. The van der Waals surface area contributed by atoms with Gasteiger partial charge in [0.05, 0.1) is 11.3 Å². The van der Waals surface area contributed by atoms with Crippen molar-refractivity contribution in [3.63, 3.8) is 0 Å². The SMILES string of the molecule is C/C(=N/O)c1ccc(NC(=O)c2cc(O)ccc2O)cc1. The molecule has 0 saturated carbocycles. The normalized spacial score (nSPS) is 11.2. The van der Waals surface area contributed by atoms with Crippen LogP contribution in [0.4, 0.5) is 5.69 Å². The molecule has 2 aromatic rings. The predicted molar refractivity (Wildman–Crippen MR) is 78.2 cm³/mol. The van der Waals surface area contributed by atoms with E-state index >= 15 is 0 Å². The number of aromatic hydroxyl groups is 2. The van der Waals surface area contributed by atoms with Gasteiger partial charge in [0, 0.05) is 5.69 Å². The molecule has 0 heterocycles. The summed E-state index contributed by atoms with van der Waals surface area (Å²) in [6.45, 7) is 1.65. The largest absolute Gasteiger partial charge is 0.508 e. The summed E-state index contributed by atoms with van der Waals surface area (Å²) >= 11 is 0. The number of benzene rings is 2. The number of carbonyl (C=O) groups excluding carboxylic acids is 1. The van der Waals surface area contributed by atoms with E-state index in [1.807, 2.05) is 0 Å². The Morgan fingerprint density at radius 3 is 2.38 bits per heavy atom. The molecule has 108 valence electrons. The number of hydrogen-bond donors (Lipinski definition) is 4. The third-order valence-electron chi connectivity index (χ3n) is 2.94. The number of oxime groups is 1. The lowest BCUT2D eigenvalue weighted by Crippen LogP contribution is -2.12. The molecule has 0 fully saturated rings. The van der Waals surface area contributed by atoms with E-state index in [-0.39, 0.29) is 17.1 Å². The summed E-state index contributed by atoms with van der Waals surface area (Å²) in [5, 5.41) is 33.3. The summed E-state index contributed by atoms with van der Waals surface area (Å²) in [5.41, 5.74) is 1.67. The summed E-state index contributed by atoms with van der Waals surface area (Å²) in [6.07, 6.45) is 0. The molecule has 0 radical (unpaired) electrons. The minimum absolute atomic E-state index is 0.0211. The maximum absolute atomic E-state index is 12.0. The van der Waals surface area contributed by atoms with Gasteiger partial charge in [0.25, 0.3) is 5.91 Å². The highest BCUT2D eigenvalue weighted by molar-refractivity contribution is 6.06. The van der Waals surface area contributed by atoms with Crippen molar-refractivity contribution in [2.75, 3.05) is 5.32 Å². The van der Waals surface area contributed by atoms with Crippen LogP contribution in [0.5, 0.6) is 11.5 Å². The van der Waals surface area contributed by atoms with Gasteiger partial charge in [0.15, 0.2) is 0 Å². The Balaban J connectivity index is 2.18. The monoisotopic (exact) mass is 286 g/mol. The molecule has 0 aliphatic carbocycles. The fraction of sp³-hybridized carbons (Fsp3) is 0.0667. The molecule has 21 heavy (non-hydrogen) atoms. The van der Waals surface area contributed by atoms with Crippen LogP contribution in [0.2, 0.25) is 0 Å². The second-order valence-electron chi connectivity index (χ2n) is 4.42. The number of nitrogens with one attached hydrogen (secondary N) is 1. The van der Waals surface area contributed by atoms with Crippen LogP contribution in [-0.2, 0) is 0 Å². The first-order chi connectivity index (χ1) is 10.0. The van der Waals surface area contributed by atoms with Crippen molar-refractivity contribution in [2.24, 2.45) is 5.16 Å². The molecule has 0 spiro atoms. The van der Waals surface area contributed by atoms with E-state index < -0.39 is 5.91 Å². The molecule has 6 nitrogen and oxygen atoms in total. The van der Waals surface area contributed by atoms with Gasteiger partial charge in [-0.1, -0.05) is 17.3 Å². The molecule has 2 aromatic carbocycles. The van der Waals surface area contributed by atoms with Gasteiger partial charge in [-0.3, -0.25) is 4.79 Å². The number of carbonyl (C=O) groups is 1. The quantitative estimate of drug-likeness (QED) is 0.301. The molecule has 0 aliphatic heterocycles. The maximum Gasteiger partial charge on any atom is 0.259 e. The van der Waals surface area contributed by atoms with E-state index in [1.54, 1.807) is 31.2 Å². The second-order valence-corrected chi connectivity index (χ2v) is 4.42. The van der Waals surface area contributed by atoms with Crippen LogP contribution in [0.15, 0.2) is 47.6 Å². The smallest absolute Gasteiger partial charge is 0.259 e. The molecule has 0 aliphatic rings. The minimum Gasteiger partial charge on any atom is -0.508 e. The van der Waals surface area contributed by atoms with Crippen LogP contribution < -0.4 is 5.32 Å². The lowest BCUT2D eigenvalue weighted by Gasteiger charge is -2.08. The predicted octanol–water partition coefficient (Wildman–Crippen LogP) is 2.55. The zero-order chi connectivity index (χ0) is 15.4. The number of phenols is 2. The van der Waals surface area contributed by atoms with Gasteiger partial charge in [-0.2, -0.15) is 0 Å². The van der Waals surface area contributed by atoms with Crippen LogP contribution in [0.3, 0.4) is 0 Å². The van der Waals surface area contributed by atoms with E-state index in [0.29, 0.717) is 11.4 Å². The fourth-order valence-corrected chi connectivity index (χ4v) is 1.76. The summed E-state index contributed by atoms with van der Waals surface area (Å²) < 4.78 is 0. The highest BCUT2D eigenvalue weighted by Crippen LogP contribution is 2.23. The Morgan fingerprint density at radius 1 is 1.10 bits per heavy atom. The molecule has 4 N–H and O–H groups in total. The molecule has 0 atom stereocenters. The van der Waals surface area contributed by atoms with Crippen molar-refractivity contribution in [1.82, 2.24) is 0 Å². The molecular weight excluding hydrogens is 272 g/mol. The van der Waals surface area contributed by atoms with Crippen LogP contribution in [0.25, 0.3) is 0 Å². The number of anilines is 1. The topological polar surface area (TPSA) is 102 Å². The van der Waals surface area contributed by atoms with Crippen molar-refractivity contribution in [1.29, 1.82) is 0 Å². The Kier molecular flexibility index (Phi) is 4.08. The fourth-order valence-electron chi connectivity index (χ4n) is 1.76. The van der Waals surface area contributed by atoms with Gasteiger partial charge in [0.1, 0.15) is 11.5 Å². The van der Waals surface area contributed by atoms with Crippen molar-refractivity contribution in [3.05, 3.63) is 53.6 Å². The van der Waals surface area contributed by atoms with Crippen LogP contribution in [0.1, 0.15) is 22.8 Å². The molecule has 0 aromatic heterocycles. The van der Waals surface area contributed by atoms with Gasteiger partial charge >= 0.3 is 0 Å². The van der Waals surface area contributed by atoms with Crippen LogP contribution in [0, 0.1) is 0 Å². The average Bonchev–Trinajstić information content (AvgIpc) is 2.49. The van der Waals surface area contributed by atoms with Crippen molar-refractivity contribution in [3.8, 4) is 11.5 Å². The summed E-state index contributed by atoms with van der Waals surface area (Å²) in [4.78, 5) is 12.0. The summed E-state index contributed by atoms with van der Waals surface area (Å²) in [6, 6.07) is 10.4. The molecule has 2 rings (SSSR count). The Morgan fingerprint density at radius 2 is 1.76 bits per heavy atom. The Hall–Kier alpha value is -3.02. The molecule has 0 saturated heterocycles. The first-order valence-corrected chi connectivity index (χ1v) is 6.13. The summed E-state index contributed by atoms with van der Waals surface area (Å²) in [5.74, 6) is -0.864. The second kappa shape index (κ2) is 5.96. The van der Waals surface area contributed by atoms with Gasteiger partial charge in [-0.05, 0) is 42.8 Å². The van der Waals surface area contributed by atoms with Gasteiger partial charge in [-0.15, -0.1) is 0 Å². The highest BCUT2D eigenvalue weighted by Gasteiger charge is 2.12. The van der Waals surface area contributed by atoms with Crippen molar-refractivity contribution >= 4 is 17.3 Å². The number of rotatable bonds is 3. The molecule has 6 heteroatoms. The third-order valence-corrected chi connectivity index (χ3v) is 2.94. The van der Waals surface area contributed by atoms with Gasteiger partial charge in [0.2, 0.25) is 0 Å². The highest BCUT2D eigenvalue weighted by atomic mass is 16.4.